The lowest BCUT2D eigenvalue weighted by atomic mass is 10.1. The molecule has 2 saturated heterocycles. The topological polar surface area (TPSA) is 35.6 Å². The van der Waals surface area contributed by atoms with Crippen LogP contribution < -0.4 is 5.32 Å². The van der Waals surface area contributed by atoms with Crippen molar-refractivity contribution in [3.05, 3.63) is 35.4 Å². The highest BCUT2D eigenvalue weighted by atomic mass is 32.2. The summed E-state index contributed by atoms with van der Waals surface area (Å²) in [5.41, 5.74) is -0.127. The van der Waals surface area contributed by atoms with Crippen molar-refractivity contribution in [3.8, 4) is 0 Å². The summed E-state index contributed by atoms with van der Waals surface area (Å²) in [5, 5.41) is 2.69. The van der Waals surface area contributed by atoms with Gasteiger partial charge in [-0.15, -0.1) is 11.8 Å². The summed E-state index contributed by atoms with van der Waals surface area (Å²) < 4.78 is 39.0. The second-order valence-corrected chi connectivity index (χ2v) is 7.80. The van der Waals surface area contributed by atoms with E-state index in [4.69, 9.17) is 0 Å². The summed E-state index contributed by atoms with van der Waals surface area (Å²) in [5.74, 6) is 0.00236. The molecule has 2 atom stereocenters. The third kappa shape index (κ3) is 4.30. The van der Waals surface area contributed by atoms with E-state index in [1.165, 1.54) is 23.9 Å². The highest BCUT2D eigenvalue weighted by Crippen LogP contribution is 2.43. The second kappa shape index (κ2) is 7.55. The van der Waals surface area contributed by atoms with Gasteiger partial charge in [0, 0.05) is 39.3 Å². The number of nitrogens with one attached hydrogen (secondary N) is 1. The van der Waals surface area contributed by atoms with Crippen LogP contribution in [0.5, 0.6) is 0 Å². The second-order valence-electron chi connectivity index (χ2n) is 6.38. The van der Waals surface area contributed by atoms with Gasteiger partial charge >= 0.3 is 6.18 Å². The predicted octanol–water partition coefficient (Wildman–Crippen LogP) is 2.57. The zero-order valence-corrected chi connectivity index (χ0v) is 14.9. The number of rotatable bonds is 4. The molecule has 0 spiro atoms. The molecule has 1 N–H and O–H groups in total. The third-order valence-electron chi connectivity index (χ3n) is 4.61. The number of hydrogen-bond donors (Lipinski definition) is 1. The van der Waals surface area contributed by atoms with Gasteiger partial charge in [0.15, 0.2) is 0 Å². The average molecular weight is 373 g/mol. The molecule has 8 heteroatoms. The van der Waals surface area contributed by atoms with Crippen LogP contribution in [0.2, 0.25) is 0 Å². The SMILES string of the molecule is C[C@H]1S[C@@H](c2cccc(C(F)(F)F)c2)N(CCN2CCNCC2)C1=O. The first-order valence-corrected chi connectivity index (χ1v) is 9.37. The van der Waals surface area contributed by atoms with E-state index in [1.807, 2.05) is 6.92 Å². The lowest BCUT2D eigenvalue weighted by Crippen LogP contribution is -2.46. The fourth-order valence-electron chi connectivity index (χ4n) is 3.21. The molecule has 0 aromatic heterocycles. The van der Waals surface area contributed by atoms with E-state index in [0.29, 0.717) is 12.1 Å². The number of carbonyl (C=O) groups is 1. The Morgan fingerprint density at radius 2 is 1.96 bits per heavy atom. The molecule has 2 heterocycles. The van der Waals surface area contributed by atoms with E-state index in [9.17, 15) is 18.0 Å². The number of nitrogens with zero attached hydrogens (tertiary/aromatic N) is 2. The number of benzene rings is 1. The number of amides is 1. The first-order valence-electron chi connectivity index (χ1n) is 8.42. The third-order valence-corrected chi connectivity index (χ3v) is 6.01. The Hall–Kier alpha value is -1.25. The lowest BCUT2D eigenvalue weighted by Gasteiger charge is -2.31. The van der Waals surface area contributed by atoms with E-state index in [0.717, 1.165) is 38.8 Å². The van der Waals surface area contributed by atoms with Crippen LogP contribution in [0.15, 0.2) is 24.3 Å². The summed E-state index contributed by atoms with van der Waals surface area (Å²) in [4.78, 5) is 16.5. The van der Waals surface area contributed by atoms with Crippen molar-refractivity contribution in [2.24, 2.45) is 0 Å². The van der Waals surface area contributed by atoms with Gasteiger partial charge in [-0.3, -0.25) is 9.69 Å². The zero-order chi connectivity index (χ0) is 18.0. The van der Waals surface area contributed by atoms with Crippen LogP contribution >= 0.6 is 11.8 Å². The van der Waals surface area contributed by atoms with Gasteiger partial charge in [-0.1, -0.05) is 12.1 Å². The molecule has 2 aliphatic heterocycles. The molecule has 0 radical (unpaired) electrons. The van der Waals surface area contributed by atoms with Crippen molar-refractivity contribution in [2.75, 3.05) is 39.3 Å². The molecule has 2 fully saturated rings. The molecule has 4 nitrogen and oxygen atoms in total. The van der Waals surface area contributed by atoms with Gasteiger partial charge in [-0.25, -0.2) is 0 Å². The van der Waals surface area contributed by atoms with Crippen LogP contribution in [-0.2, 0) is 11.0 Å². The summed E-state index contributed by atoms with van der Waals surface area (Å²) in [6.07, 6.45) is -4.37. The number of carbonyl (C=O) groups excluding carboxylic acids is 1. The molecular formula is C17H22F3N3OS. The number of alkyl halides is 3. The van der Waals surface area contributed by atoms with Gasteiger partial charge < -0.3 is 10.2 Å². The van der Waals surface area contributed by atoms with Crippen molar-refractivity contribution >= 4 is 17.7 Å². The van der Waals surface area contributed by atoms with Gasteiger partial charge in [0.1, 0.15) is 5.37 Å². The maximum absolute atomic E-state index is 13.0. The van der Waals surface area contributed by atoms with E-state index >= 15 is 0 Å². The fourth-order valence-corrected chi connectivity index (χ4v) is 4.51. The molecule has 138 valence electrons. The van der Waals surface area contributed by atoms with Crippen LogP contribution in [-0.4, -0.2) is 60.2 Å². The maximum Gasteiger partial charge on any atom is 0.416 e. The Morgan fingerprint density at radius 1 is 1.24 bits per heavy atom. The van der Waals surface area contributed by atoms with E-state index in [1.54, 1.807) is 11.0 Å². The van der Waals surface area contributed by atoms with Crippen molar-refractivity contribution in [1.82, 2.24) is 15.1 Å². The van der Waals surface area contributed by atoms with Gasteiger partial charge in [0.2, 0.25) is 5.91 Å². The minimum absolute atomic E-state index is 0.00236. The Morgan fingerprint density at radius 3 is 2.64 bits per heavy atom. The molecule has 0 unspecified atom stereocenters. The monoisotopic (exact) mass is 373 g/mol. The molecule has 1 aromatic rings. The van der Waals surface area contributed by atoms with Gasteiger partial charge in [-0.2, -0.15) is 13.2 Å². The van der Waals surface area contributed by atoms with Gasteiger partial charge in [0.05, 0.1) is 10.8 Å². The lowest BCUT2D eigenvalue weighted by molar-refractivity contribution is -0.137. The van der Waals surface area contributed by atoms with E-state index < -0.39 is 11.7 Å². The summed E-state index contributed by atoms with van der Waals surface area (Å²) >= 11 is 1.42. The van der Waals surface area contributed by atoms with Crippen molar-refractivity contribution in [3.63, 3.8) is 0 Å². The smallest absolute Gasteiger partial charge is 0.324 e. The largest absolute Gasteiger partial charge is 0.416 e. The average Bonchev–Trinajstić information content (AvgIpc) is 2.88. The Bertz CT molecular complexity index is 619. The number of thioether (sulfide) groups is 1. The Kier molecular flexibility index (Phi) is 5.60. The summed E-state index contributed by atoms with van der Waals surface area (Å²) in [6, 6.07) is 5.33. The van der Waals surface area contributed by atoms with Crippen LogP contribution in [0.3, 0.4) is 0 Å². The van der Waals surface area contributed by atoms with Crippen LogP contribution in [0.25, 0.3) is 0 Å². The standard InChI is InChI=1S/C17H22F3N3OS/c1-12-15(24)23(10-9-22-7-5-21-6-8-22)16(25-12)13-3-2-4-14(11-13)17(18,19)20/h2-4,11-12,16,21H,5-10H2,1H3/t12-,16+/m1/s1. The Balaban J connectivity index is 1.75. The van der Waals surface area contributed by atoms with Crippen molar-refractivity contribution in [1.29, 1.82) is 0 Å². The molecular weight excluding hydrogens is 351 g/mol. The van der Waals surface area contributed by atoms with E-state index in [2.05, 4.69) is 10.2 Å². The highest BCUT2D eigenvalue weighted by molar-refractivity contribution is 8.01. The first-order chi connectivity index (χ1) is 11.9. The number of hydrogen-bond acceptors (Lipinski definition) is 4. The number of piperazine rings is 1. The molecule has 25 heavy (non-hydrogen) atoms. The molecule has 3 rings (SSSR count). The normalized spacial score (nSPS) is 25.6. The summed E-state index contributed by atoms with van der Waals surface area (Å²) in [6.45, 7) is 6.82. The predicted molar refractivity (Wildman–Crippen MR) is 92.3 cm³/mol. The fraction of sp³-hybridized carbons (Fsp3) is 0.588. The first kappa shape index (κ1) is 18.5. The van der Waals surface area contributed by atoms with Gasteiger partial charge in [0.25, 0.3) is 0 Å². The quantitative estimate of drug-likeness (QED) is 0.880. The summed E-state index contributed by atoms with van der Waals surface area (Å²) in [7, 11) is 0. The van der Waals surface area contributed by atoms with Crippen molar-refractivity contribution < 1.29 is 18.0 Å². The molecule has 0 saturated carbocycles. The van der Waals surface area contributed by atoms with E-state index in [-0.39, 0.29) is 16.5 Å². The minimum atomic E-state index is -4.37. The molecule has 1 amide bonds. The molecule has 1 aromatic carbocycles. The van der Waals surface area contributed by atoms with Gasteiger partial charge in [-0.05, 0) is 24.6 Å². The molecule has 0 aliphatic carbocycles. The maximum atomic E-state index is 13.0. The minimum Gasteiger partial charge on any atom is -0.324 e. The Labute approximate surface area is 149 Å². The van der Waals surface area contributed by atoms with Crippen LogP contribution in [0, 0.1) is 0 Å². The van der Waals surface area contributed by atoms with Crippen LogP contribution in [0.4, 0.5) is 13.2 Å². The number of halogens is 3. The highest BCUT2D eigenvalue weighted by Gasteiger charge is 2.39. The molecule has 0 bridgehead atoms. The van der Waals surface area contributed by atoms with Crippen molar-refractivity contribution in [2.45, 2.75) is 23.7 Å². The zero-order valence-electron chi connectivity index (χ0n) is 14.1. The van der Waals surface area contributed by atoms with Crippen LogP contribution in [0.1, 0.15) is 23.4 Å². The molecule has 2 aliphatic rings.